The van der Waals surface area contributed by atoms with Crippen LogP contribution in [0.3, 0.4) is 0 Å². The number of aromatic nitrogens is 2. The maximum Gasteiger partial charge on any atom is 1.00 e. The van der Waals surface area contributed by atoms with Gasteiger partial charge < -0.3 is 30.4 Å². The second-order valence-corrected chi connectivity index (χ2v) is 11.1. The number of carboxylic acids is 1. The first-order valence-corrected chi connectivity index (χ1v) is 12.3. The van der Waals surface area contributed by atoms with Crippen LogP contribution in [0, 0.1) is 0 Å². The number of fused-ring (bicyclic) bond motifs is 2. The Morgan fingerprint density at radius 1 is 1.13 bits per heavy atom. The summed E-state index contributed by atoms with van der Waals surface area (Å²) in [6.45, 7) is 3.40. The van der Waals surface area contributed by atoms with Crippen molar-refractivity contribution in [2.45, 2.75) is 42.1 Å². The van der Waals surface area contributed by atoms with Crippen LogP contribution in [0.4, 0.5) is 0 Å². The molecule has 0 radical (unpaired) electrons. The number of β-lactam (4-membered cyclic amide) rings is 1. The number of aromatic amines is 1. The van der Waals surface area contributed by atoms with Gasteiger partial charge in [-0.25, -0.2) is 0 Å². The summed E-state index contributed by atoms with van der Waals surface area (Å²) in [5.41, 5.74) is 0.150. The quantitative estimate of drug-likeness (QED) is 0.215. The van der Waals surface area contributed by atoms with E-state index >= 15 is 0 Å². The van der Waals surface area contributed by atoms with Crippen molar-refractivity contribution in [2.75, 3.05) is 0 Å². The van der Waals surface area contributed by atoms with E-state index in [2.05, 4.69) is 20.6 Å². The zero-order chi connectivity index (χ0) is 26.5. The number of H-pyrrole nitrogens is 1. The maximum absolute atomic E-state index is 13.4. The van der Waals surface area contributed by atoms with Crippen molar-refractivity contribution in [1.29, 1.82) is 0 Å². The molecule has 0 aliphatic carbocycles. The molecule has 0 bridgehead atoms. The largest absolute Gasteiger partial charge is 1.00 e. The van der Waals surface area contributed by atoms with Gasteiger partial charge in [-0.3, -0.25) is 24.2 Å². The van der Waals surface area contributed by atoms with E-state index in [0.29, 0.717) is 11.1 Å². The minimum atomic E-state index is -1.36. The number of pyridine rings is 2. The molecule has 2 fully saturated rings. The van der Waals surface area contributed by atoms with Crippen LogP contribution in [0.1, 0.15) is 35.8 Å². The van der Waals surface area contributed by atoms with Gasteiger partial charge in [0.05, 0.1) is 17.5 Å². The van der Waals surface area contributed by atoms with Crippen molar-refractivity contribution in [3.8, 4) is 0 Å². The first kappa shape index (κ1) is 27.8. The predicted octanol–water partition coefficient (Wildman–Crippen LogP) is -3.30. The molecule has 2 saturated heterocycles. The molecule has 38 heavy (non-hydrogen) atoms. The number of carbonyl (C=O) groups excluding carboxylic acids is 4. The number of carboxylic acid groups (broad SMARTS) is 1. The van der Waals surface area contributed by atoms with Crippen molar-refractivity contribution in [2.24, 2.45) is 0 Å². The van der Waals surface area contributed by atoms with Gasteiger partial charge in [0.15, 0.2) is 0 Å². The van der Waals surface area contributed by atoms with E-state index in [9.17, 15) is 29.1 Å². The third-order valence-electron chi connectivity index (χ3n) is 6.52. The standard InChI is InChI=1S/C25H23N5O6S.Na/c1-25(2)19(24(35)36)30-22(34)17(23(30)37-25)29-21(33)15(12-7-4-3-5-8-12)28-20(32)13-11-27-14-9-6-10-26-16(14)18(13)31;/h3-11,15,17,19,23H,1-2H3,(H,27,31)(H,28,32)(H,29,33)(H,35,36);/q;+1/p-1. The SMILES string of the molecule is CC1(C)SC2C(NC(=O)C(NC(=O)c3c[nH]c4cccnc4c3=O)c3ccccc3)C(=O)N2C1C(=O)[O-].[Na+]. The molecular formula is C25H22N5NaO6S. The van der Waals surface area contributed by atoms with Gasteiger partial charge in [0, 0.05) is 17.1 Å². The number of nitrogens with zero attached hydrogens (tertiary/aromatic N) is 2. The number of hydrogen-bond donors (Lipinski definition) is 3. The van der Waals surface area contributed by atoms with Crippen LogP contribution in [0.15, 0.2) is 59.7 Å². The smallest absolute Gasteiger partial charge is 0.548 e. The Balaban J connectivity index is 0.00000336. The van der Waals surface area contributed by atoms with Crippen LogP contribution in [-0.4, -0.2) is 60.8 Å². The van der Waals surface area contributed by atoms with Crippen molar-refractivity contribution in [3.05, 3.63) is 76.2 Å². The molecule has 13 heteroatoms. The van der Waals surface area contributed by atoms with E-state index in [1.165, 1.54) is 29.1 Å². The minimum Gasteiger partial charge on any atom is -0.548 e. The van der Waals surface area contributed by atoms with Crippen molar-refractivity contribution in [1.82, 2.24) is 25.5 Å². The zero-order valence-electron chi connectivity index (χ0n) is 20.8. The Morgan fingerprint density at radius 2 is 1.84 bits per heavy atom. The monoisotopic (exact) mass is 543 g/mol. The Hall–Kier alpha value is -3.19. The van der Waals surface area contributed by atoms with Crippen LogP contribution in [-0.2, 0) is 14.4 Å². The number of carbonyl (C=O) groups is 4. The fourth-order valence-electron chi connectivity index (χ4n) is 4.73. The maximum atomic E-state index is 13.4. The average molecular weight is 544 g/mol. The Kier molecular flexibility index (Phi) is 7.71. The molecule has 11 nitrogen and oxygen atoms in total. The number of hydrogen-bond acceptors (Lipinski definition) is 8. The summed E-state index contributed by atoms with van der Waals surface area (Å²) < 4.78 is -0.809. The number of amides is 3. The number of rotatable bonds is 6. The van der Waals surface area contributed by atoms with Gasteiger partial charge in [0.2, 0.25) is 17.2 Å². The van der Waals surface area contributed by atoms with Crippen molar-refractivity contribution in [3.63, 3.8) is 0 Å². The molecule has 4 unspecified atom stereocenters. The van der Waals surface area contributed by atoms with E-state index in [1.807, 2.05) is 0 Å². The summed E-state index contributed by atoms with van der Waals surface area (Å²) in [7, 11) is 0. The molecule has 1 aromatic carbocycles. The Bertz CT molecular complexity index is 1500. The van der Waals surface area contributed by atoms with Crippen LogP contribution in [0.2, 0.25) is 0 Å². The fourth-order valence-corrected chi connectivity index (χ4v) is 6.35. The van der Waals surface area contributed by atoms with Gasteiger partial charge in [-0.05, 0) is 31.5 Å². The molecule has 0 saturated carbocycles. The van der Waals surface area contributed by atoms with Crippen LogP contribution in [0.25, 0.3) is 11.0 Å². The third kappa shape index (κ3) is 4.73. The van der Waals surface area contributed by atoms with E-state index < -0.39 is 57.4 Å². The molecule has 2 aliphatic rings. The van der Waals surface area contributed by atoms with Gasteiger partial charge in [0.1, 0.15) is 28.5 Å². The topological polar surface area (TPSA) is 164 Å². The van der Waals surface area contributed by atoms with E-state index in [0.717, 1.165) is 0 Å². The van der Waals surface area contributed by atoms with Gasteiger partial charge in [-0.2, -0.15) is 0 Å². The van der Waals surface area contributed by atoms with Gasteiger partial charge >= 0.3 is 29.6 Å². The summed E-state index contributed by atoms with van der Waals surface area (Å²) in [4.78, 5) is 71.9. The summed E-state index contributed by atoms with van der Waals surface area (Å²) in [6.07, 6.45) is 2.69. The predicted molar refractivity (Wildman–Crippen MR) is 132 cm³/mol. The summed E-state index contributed by atoms with van der Waals surface area (Å²) in [5.74, 6) is -3.38. The van der Waals surface area contributed by atoms with Crippen molar-refractivity contribution >= 4 is 46.5 Å². The molecule has 0 spiro atoms. The first-order valence-electron chi connectivity index (χ1n) is 11.4. The first-order chi connectivity index (χ1) is 17.6. The number of nitrogens with one attached hydrogen (secondary N) is 3. The fraction of sp³-hybridized carbons (Fsp3) is 0.280. The number of aliphatic carboxylic acids is 1. The summed E-state index contributed by atoms with van der Waals surface area (Å²) in [6, 6.07) is 8.34. The molecule has 2 aromatic heterocycles. The van der Waals surface area contributed by atoms with Gasteiger partial charge in [-0.1, -0.05) is 30.3 Å². The average Bonchev–Trinajstić information content (AvgIpc) is 3.14. The summed E-state index contributed by atoms with van der Waals surface area (Å²) >= 11 is 1.26. The zero-order valence-corrected chi connectivity index (χ0v) is 23.6. The molecule has 5 rings (SSSR count). The van der Waals surface area contributed by atoms with Gasteiger partial charge in [0.25, 0.3) is 5.91 Å². The Morgan fingerprint density at radius 3 is 2.53 bits per heavy atom. The molecule has 3 aromatic rings. The second kappa shape index (κ2) is 10.5. The Labute approximate surface area is 243 Å². The van der Waals surface area contributed by atoms with Crippen molar-refractivity contribution < 1.29 is 53.8 Å². The molecule has 3 N–H and O–H groups in total. The van der Waals surface area contributed by atoms with E-state index in [4.69, 9.17) is 0 Å². The van der Waals surface area contributed by atoms with E-state index in [-0.39, 0.29) is 40.6 Å². The van der Waals surface area contributed by atoms with Gasteiger partial charge in [-0.15, -0.1) is 11.8 Å². The summed E-state index contributed by atoms with van der Waals surface area (Å²) in [5, 5.41) is 16.3. The molecule has 2 aliphatic heterocycles. The van der Waals surface area contributed by atoms with Crippen LogP contribution < -0.4 is 50.7 Å². The molecule has 190 valence electrons. The number of benzene rings is 1. The molecular weight excluding hydrogens is 521 g/mol. The normalized spacial score (nSPS) is 22.0. The second-order valence-electron chi connectivity index (χ2n) is 9.31. The molecule has 3 amide bonds. The minimum absolute atomic E-state index is 0. The third-order valence-corrected chi connectivity index (χ3v) is 8.09. The van der Waals surface area contributed by atoms with Crippen LogP contribution in [0.5, 0.6) is 0 Å². The molecule has 4 heterocycles. The van der Waals surface area contributed by atoms with Crippen LogP contribution >= 0.6 is 11.8 Å². The van der Waals surface area contributed by atoms with E-state index in [1.54, 1.807) is 56.3 Å². The molecule has 4 atom stereocenters. The number of thioether (sulfide) groups is 1.